The summed E-state index contributed by atoms with van der Waals surface area (Å²) < 4.78 is 11.0. The van der Waals surface area contributed by atoms with Gasteiger partial charge in [0, 0.05) is 5.69 Å². The Morgan fingerprint density at radius 1 is 1.06 bits per heavy atom. The van der Waals surface area contributed by atoms with Crippen LogP contribution in [0, 0.1) is 11.3 Å². The Labute approximate surface area is 212 Å². The van der Waals surface area contributed by atoms with E-state index in [-0.39, 0.29) is 24.0 Å². The molecule has 0 aliphatic carbocycles. The molecule has 1 saturated heterocycles. The largest absolute Gasteiger partial charge is 0.493 e. The van der Waals surface area contributed by atoms with Gasteiger partial charge < -0.3 is 14.8 Å². The standard InChI is InChI=1S/C27H21N3O5S/c1-34-23-13-18(11-12-22(23)35-17-25(31)29-21-9-3-2-4-10-21)14-24-26(32)30(27(33)36-24)16-20-8-6-5-7-19(20)15-28/h2-14H,16-17H2,1H3,(H,29,31)/b24-14-. The third-order valence-corrected chi connectivity index (χ3v) is 6.15. The quantitative estimate of drug-likeness (QED) is 0.443. The second-order valence-corrected chi connectivity index (χ2v) is 8.64. The highest BCUT2D eigenvalue weighted by Crippen LogP contribution is 2.35. The van der Waals surface area contributed by atoms with Gasteiger partial charge in [-0.25, -0.2) is 0 Å². The fraction of sp³-hybridized carbons (Fsp3) is 0.111. The first-order valence-corrected chi connectivity index (χ1v) is 11.7. The number of nitriles is 1. The van der Waals surface area contributed by atoms with Gasteiger partial charge in [0.25, 0.3) is 17.1 Å². The van der Waals surface area contributed by atoms with Gasteiger partial charge in [-0.3, -0.25) is 19.3 Å². The van der Waals surface area contributed by atoms with Crippen LogP contribution in [0.4, 0.5) is 10.5 Å². The van der Waals surface area contributed by atoms with Crippen molar-refractivity contribution in [1.29, 1.82) is 5.26 Å². The highest BCUT2D eigenvalue weighted by molar-refractivity contribution is 8.18. The zero-order chi connectivity index (χ0) is 25.5. The molecule has 0 unspecified atom stereocenters. The third-order valence-electron chi connectivity index (χ3n) is 5.24. The molecule has 0 spiro atoms. The zero-order valence-corrected chi connectivity index (χ0v) is 20.1. The minimum Gasteiger partial charge on any atom is -0.493 e. The van der Waals surface area contributed by atoms with Crippen molar-refractivity contribution >= 4 is 40.6 Å². The smallest absolute Gasteiger partial charge is 0.293 e. The van der Waals surface area contributed by atoms with Crippen LogP contribution in [0.25, 0.3) is 6.08 Å². The summed E-state index contributed by atoms with van der Waals surface area (Å²) in [5, 5.41) is 11.6. The predicted molar refractivity (Wildman–Crippen MR) is 136 cm³/mol. The average Bonchev–Trinajstić information content (AvgIpc) is 3.16. The number of nitrogens with zero attached hydrogens (tertiary/aromatic N) is 2. The lowest BCUT2D eigenvalue weighted by molar-refractivity contribution is -0.123. The molecule has 1 aliphatic heterocycles. The molecule has 0 bridgehead atoms. The number of anilines is 1. The number of amides is 3. The monoisotopic (exact) mass is 499 g/mol. The van der Waals surface area contributed by atoms with Gasteiger partial charge >= 0.3 is 0 Å². The number of carbonyl (C=O) groups is 3. The van der Waals surface area contributed by atoms with E-state index < -0.39 is 11.1 Å². The number of hydrogen-bond donors (Lipinski definition) is 1. The third kappa shape index (κ3) is 5.74. The molecule has 3 amide bonds. The second-order valence-electron chi connectivity index (χ2n) is 7.65. The molecule has 1 aliphatic rings. The Hall–Kier alpha value is -4.55. The molecule has 0 aromatic heterocycles. The van der Waals surface area contributed by atoms with Crippen LogP contribution in [0.5, 0.6) is 11.5 Å². The van der Waals surface area contributed by atoms with Gasteiger partial charge in [0.15, 0.2) is 18.1 Å². The number of nitrogens with one attached hydrogen (secondary N) is 1. The lowest BCUT2D eigenvalue weighted by atomic mass is 10.1. The van der Waals surface area contributed by atoms with Crippen LogP contribution in [0.3, 0.4) is 0 Å². The fourth-order valence-electron chi connectivity index (χ4n) is 3.48. The van der Waals surface area contributed by atoms with Crippen molar-refractivity contribution in [1.82, 2.24) is 4.90 Å². The Morgan fingerprint density at radius 2 is 1.81 bits per heavy atom. The van der Waals surface area contributed by atoms with Gasteiger partial charge in [0.2, 0.25) is 0 Å². The molecular weight excluding hydrogens is 478 g/mol. The number of thioether (sulfide) groups is 1. The number of hydrogen-bond acceptors (Lipinski definition) is 7. The van der Waals surface area contributed by atoms with E-state index in [0.29, 0.717) is 33.9 Å². The number of imide groups is 1. The number of rotatable bonds is 8. The number of methoxy groups -OCH3 is 1. The van der Waals surface area contributed by atoms with Crippen LogP contribution in [-0.4, -0.2) is 35.7 Å². The first-order chi connectivity index (χ1) is 17.5. The Bertz CT molecular complexity index is 1380. The van der Waals surface area contributed by atoms with Crippen molar-refractivity contribution in [2.75, 3.05) is 19.0 Å². The molecule has 8 nitrogen and oxygen atoms in total. The van der Waals surface area contributed by atoms with E-state index in [1.54, 1.807) is 60.7 Å². The van der Waals surface area contributed by atoms with Crippen molar-refractivity contribution < 1.29 is 23.9 Å². The Kier molecular flexibility index (Phi) is 7.68. The first kappa shape index (κ1) is 24.6. The molecule has 3 aromatic rings. The molecule has 1 N–H and O–H groups in total. The average molecular weight is 500 g/mol. The van der Waals surface area contributed by atoms with Crippen molar-refractivity contribution in [3.05, 3.63) is 94.4 Å². The van der Waals surface area contributed by atoms with Crippen LogP contribution >= 0.6 is 11.8 Å². The zero-order valence-electron chi connectivity index (χ0n) is 19.3. The van der Waals surface area contributed by atoms with E-state index in [1.165, 1.54) is 7.11 Å². The van der Waals surface area contributed by atoms with Crippen LogP contribution in [-0.2, 0) is 16.1 Å². The molecule has 1 fully saturated rings. The maximum atomic E-state index is 12.9. The molecule has 4 rings (SSSR count). The fourth-order valence-corrected chi connectivity index (χ4v) is 4.32. The number of benzene rings is 3. The van der Waals surface area contributed by atoms with Gasteiger partial charge in [-0.15, -0.1) is 0 Å². The van der Waals surface area contributed by atoms with E-state index in [1.807, 2.05) is 18.2 Å². The first-order valence-electron chi connectivity index (χ1n) is 10.9. The normalized spacial score (nSPS) is 14.0. The van der Waals surface area contributed by atoms with Crippen LogP contribution in [0.2, 0.25) is 0 Å². The van der Waals surface area contributed by atoms with Crippen LogP contribution in [0.1, 0.15) is 16.7 Å². The van der Waals surface area contributed by atoms with Gasteiger partial charge in [0.1, 0.15) is 0 Å². The maximum absolute atomic E-state index is 12.9. The Balaban J connectivity index is 1.44. The van der Waals surface area contributed by atoms with Gasteiger partial charge in [-0.2, -0.15) is 5.26 Å². The number of para-hydroxylation sites is 1. The molecule has 36 heavy (non-hydrogen) atoms. The summed E-state index contributed by atoms with van der Waals surface area (Å²) in [7, 11) is 1.47. The second kappa shape index (κ2) is 11.3. The van der Waals surface area contributed by atoms with E-state index in [2.05, 4.69) is 11.4 Å². The maximum Gasteiger partial charge on any atom is 0.293 e. The molecule has 0 saturated carbocycles. The van der Waals surface area contributed by atoms with E-state index >= 15 is 0 Å². The SMILES string of the molecule is COc1cc(/C=C2\SC(=O)N(Cc3ccccc3C#N)C2=O)ccc1OCC(=O)Nc1ccccc1. The summed E-state index contributed by atoms with van der Waals surface area (Å²) in [5.41, 5.74) is 2.30. The lowest BCUT2D eigenvalue weighted by Gasteiger charge is -2.13. The molecular formula is C27H21N3O5S. The molecule has 0 radical (unpaired) electrons. The minimum atomic E-state index is -0.436. The molecule has 180 valence electrons. The predicted octanol–water partition coefficient (Wildman–Crippen LogP) is 4.82. The molecule has 9 heteroatoms. The van der Waals surface area contributed by atoms with Gasteiger partial charge in [-0.05, 0) is 59.3 Å². The minimum absolute atomic E-state index is 0.0207. The summed E-state index contributed by atoms with van der Waals surface area (Å²) in [6, 6.07) is 23.0. The van der Waals surface area contributed by atoms with Crippen LogP contribution in [0.15, 0.2) is 77.7 Å². The van der Waals surface area contributed by atoms with Crippen molar-refractivity contribution in [2.24, 2.45) is 0 Å². The lowest BCUT2D eigenvalue weighted by Crippen LogP contribution is -2.27. The highest BCUT2D eigenvalue weighted by Gasteiger charge is 2.35. The van der Waals surface area contributed by atoms with E-state index in [9.17, 15) is 19.6 Å². The highest BCUT2D eigenvalue weighted by atomic mass is 32.2. The van der Waals surface area contributed by atoms with Gasteiger partial charge in [0.05, 0.1) is 30.2 Å². The summed E-state index contributed by atoms with van der Waals surface area (Å²) in [5.74, 6) is -0.0221. The molecule has 3 aromatic carbocycles. The van der Waals surface area contributed by atoms with Crippen molar-refractivity contribution in [3.8, 4) is 17.6 Å². The van der Waals surface area contributed by atoms with Crippen molar-refractivity contribution in [2.45, 2.75) is 6.54 Å². The van der Waals surface area contributed by atoms with Gasteiger partial charge in [-0.1, -0.05) is 42.5 Å². The Morgan fingerprint density at radius 3 is 2.56 bits per heavy atom. The summed E-state index contributed by atoms with van der Waals surface area (Å²) in [6.07, 6.45) is 1.59. The van der Waals surface area contributed by atoms with E-state index in [4.69, 9.17) is 9.47 Å². The summed E-state index contributed by atoms with van der Waals surface area (Å²) >= 11 is 0.833. The number of carbonyl (C=O) groups excluding carboxylic acids is 3. The molecule has 1 heterocycles. The summed E-state index contributed by atoms with van der Waals surface area (Å²) in [4.78, 5) is 39.0. The van der Waals surface area contributed by atoms with Crippen molar-refractivity contribution in [3.63, 3.8) is 0 Å². The summed E-state index contributed by atoms with van der Waals surface area (Å²) in [6.45, 7) is -0.194. The topological polar surface area (TPSA) is 109 Å². The molecule has 0 atom stereocenters. The van der Waals surface area contributed by atoms with E-state index in [0.717, 1.165) is 16.7 Å². The number of ether oxygens (including phenoxy) is 2. The van der Waals surface area contributed by atoms with Crippen LogP contribution < -0.4 is 14.8 Å².